The van der Waals surface area contributed by atoms with E-state index in [-0.39, 0.29) is 15.4 Å². The Morgan fingerprint density at radius 1 is 1.11 bits per heavy atom. The zero-order chi connectivity index (χ0) is 13.2. The molecule has 1 aromatic carbocycles. The largest absolute Gasteiger partial charge is 0.478 e. The number of rotatable bonds is 3. The third-order valence-electron chi connectivity index (χ3n) is 2.30. The molecule has 2 rings (SSSR count). The van der Waals surface area contributed by atoms with Gasteiger partial charge < -0.3 is 5.11 Å². The molecule has 2 N–H and O–H groups in total. The number of hydrogen-bond donors (Lipinski definition) is 2. The summed E-state index contributed by atoms with van der Waals surface area (Å²) in [6, 6.07) is 5.36. The fraction of sp³-hybridized carbons (Fsp3) is 0. The van der Waals surface area contributed by atoms with Crippen LogP contribution in [0.4, 0.5) is 0 Å². The lowest BCUT2D eigenvalue weighted by Crippen LogP contribution is -2.02. The van der Waals surface area contributed by atoms with Crippen LogP contribution in [-0.4, -0.2) is 25.3 Å². The molecule has 0 aliphatic heterocycles. The van der Waals surface area contributed by atoms with E-state index in [9.17, 15) is 9.00 Å². The van der Waals surface area contributed by atoms with Crippen molar-refractivity contribution >= 4 is 15.7 Å². The molecule has 0 saturated carbocycles. The molecule has 0 fully saturated rings. The maximum atomic E-state index is 12.3. The van der Waals surface area contributed by atoms with E-state index in [0.717, 1.165) is 0 Å². The average Bonchev–Trinajstić information content (AvgIpc) is 2.40. The first kappa shape index (κ1) is 12.2. The van der Waals surface area contributed by atoms with E-state index in [4.69, 9.17) is 9.89 Å². The van der Waals surface area contributed by atoms with Crippen molar-refractivity contribution in [2.24, 2.45) is 0 Å². The van der Waals surface area contributed by atoms with Crippen molar-refractivity contribution in [3.8, 4) is 0 Å². The lowest BCUT2D eigenvalue weighted by Gasteiger charge is -2.06. The summed E-state index contributed by atoms with van der Waals surface area (Å²) >= 11 is 0. The number of nitrogens with zero attached hydrogens (tertiary/aromatic N) is 2. The van der Waals surface area contributed by atoms with Crippen molar-refractivity contribution in [1.29, 1.82) is 4.78 Å². The molecule has 1 aromatic heterocycles. The second-order valence-corrected chi connectivity index (χ2v) is 5.52. The van der Waals surface area contributed by atoms with Gasteiger partial charge in [-0.3, -0.25) is 0 Å². The lowest BCUT2D eigenvalue weighted by molar-refractivity contribution is 0.0697. The maximum absolute atomic E-state index is 12.3. The quantitative estimate of drug-likeness (QED) is 0.875. The normalized spacial score (nSPS) is 13.8. The van der Waals surface area contributed by atoms with Crippen LogP contribution in [0.15, 0.2) is 52.8 Å². The van der Waals surface area contributed by atoms with E-state index < -0.39 is 15.7 Å². The van der Waals surface area contributed by atoms with Crippen molar-refractivity contribution in [3.63, 3.8) is 0 Å². The van der Waals surface area contributed by atoms with Crippen molar-refractivity contribution in [2.75, 3.05) is 0 Å². The molecular weight excluding hydrogens is 254 g/mol. The molecule has 7 heteroatoms. The van der Waals surface area contributed by atoms with Gasteiger partial charge in [-0.05, 0) is 24.3 Å². The smallest absolute Gasteiger partial charge is 0.335 e. The number of benzene rings is 1. The number of aromatic carboxylic acids is 1. The summed E-state index contributed by atoms with van der Waals surface area (Å²) < 4.78 is 20.2. The standard InChI is InChI=1S/C11H9N3O3S/c12-18(17,10-5-13-7-14-6-10)9-3-1-8(2-4-9)11(15)16/h1-7,12H,(H,15,16). The monoisotopic (exact) mass is 263 g/mol. The highest BCUT2D eigenvalue weighted by Gasteiger charge is 2.14. The highest BCUT2D eigenvalue weighted by Crippen LogP contribution is 2.20. The molecule has 0 radical (unpaired) electrons. The molecular formula is C11H9N3O3S. The van der Waals surface area contributed by atoms with E-state index >= 15 is 0 Å². The Bertz CT molecular complexity index is 666. The van der Waals surface area contributed by atoms with Gasteiger partial charge in [0.15, 0.2) is 0 Å². The first-order chi connectivity index (χ1) is 8.51. The predicted octanol–water partition coefficient (Wildman–Crippen LogP) is 1.64. The third kappa shape index (κ3) is 2.21. The van der Waals surface area contributed by atoms with Gasteiger partial charge in [0.25, 0.3) is 0 Å². The molecule has 0 amide bonds. The molecule has 6 nitrogen and oxygen atoms in total. The van der Waals surface area contributed by atoms with E-state index in [1.807, 2.05) is 0 Å². The maximum Gasteiger partial charge on any atom is 0.335 e. The number of carbonyl (C=O) groups is 1. The van der Waals surface area contributed by atoms with Gasteiger partial charge in [-0.15, -0.1) is 0 Å². The summed E-state index contributed by atoms with van der Waals surface area (Å²) in [5.41, 5.74) is 0.0817. The Balaban J connectivity index is 2.46. The van der Waals surface area contributed by atoms with Crippen molar-refractivity contribution in [2.45, 2.75) is 9.79 Å². The summed E-state index contributed by atoms with van der Waals surface area (Å²) in [6.45, 7) is 0. The summed E-state index contributed by atoms with van der Waals surface area (Å²) in [5, 5.41) is 8.76. The SMILES string of the molecule is N=S(=O)(c1ccc(C(=O)O)cc1)c1cncnc1. The number of nitrogens with one attached hydrogen (secondary N) is 1. The second-order valence-electron chi connectivity index (χ2n) is 3.46. The number of carboxylic acids is 1. The van der Waals surface area contributed by atoms with Gasteiger partial charge in [0.2, 0.25) is 0 Å². The van der Waals surface area contributed by atoms with Crippen LogP contribution in [0.2, 0.25) is 0 Å². The number of hydrogen-bond acceptors (Lipinski definition) is 5. The minimum absolute atomic E-state index is 0.0817. The summed E-state index contributed by atoms with van der Waals surface area (Å²) in [4.78, 5) is 18.5. The van der Waals surface area contributed by atoms with Gasteiger partial charge in [0.05, 0.1) is 15.4 Å². The molecule has 92 valence electrons. The van der Waals surface area contributed by atoms with Crippen LogP contribution in [0, 0.1) is 4.78 Å². The molecule has 18 heavy (non-hydrogen) atoms. The van der Waals surface area contributed by atoms with Gasteiger partial charge >= 0.3 is 5.97 Å². The minimum atomic E-state index is -3.20. The molecule has 1 atom stereocenters. The van der Waals surface area contributed by atoms with E-state index in [1.165, 1.54) is 43.0 Å². The fourth-order valence-corrected chi connectivity index (χ4v) is 2.57. The summed E-state index contributed by atoms with van der Waals surface area (Å²) in [7, 11) is -3.20. The highest BCUT2D eigenvalue weighted by molar-refractivity contribution is 7.92. The van der Waals surface area contributed by atoms with E-state index in [0.29, 0.717) is 0 Å². The summed E-state index contributed by atoms with van der Waals surface area (Å²) in [5.74, 6) is -1.07. The van der Waals surface area contributed by atoms with Crippen molar-refractivity contribution < 1.29 is 14.1 Å². The predicted molar refractivity (Wildman–Crippen MR) is 62.8 cm³/mol. The molecule has 0 spiro atoms. The molecule has 2 aromatic rings. The molecule has 0 aliphatic carbocycles. The van der Waals surface area contributed by atoms with Crippen LogP contribution >= 0.6 is 0 Å². The number of aromatic nitrogens is 2. The van der Waals surface area contributed by atoms with Crippen LogP contribution in [0.3, 0.4) is 0 Å². The van der Waals surface area contributed by atoms with Gasteiger partial charge in [-0.2, -0.15) is 0 Å². The second kappa shape index (κ2) is 4.53. The van der Waals surface area contributed by atoms with Gasteiger partial charge in [0, 0.05) is 12.4 Å². The Labute approximate surface area is 103 Å². The van der Waals surface area contributed by atoms with Gasteiger partial charge in [0.1, 0.15) is 16.1 Å². The Morgan fingerprint density at radius 2 is 1.67 bits per heavy atom. The molecule has 1 heterocycles. The van der Waals surface area contributed by atoms with Crippen LogP contribution in [0.25, 0.3) is 0 Å². The van der Waals surface area contributed by atoms with E-state index in [2.05, 4.69) is 9.97 Å². The average molecular weight is 263 g/mol. The van der Waals surface area contributed by atoms with Crippen LogP contribution in [0.1, 0.15) is 10.4 Å². The van der Waals surface area contributed by atoms with Crippen molar-refractivity contribution in [3.05, 3.63) is 48.5 Å². The first-order valence-electron chi connectivity index (χ1n) is 4.89. The third-order valence-corrected chi connectivity index (χ3v) is 4.11. The van der Waals surface area contributed by atoms with Crippen molar-refractivity contribution in [1.82, 2.24) is 9.97 Å². The zero-order valence-electron chi connectivity index (χ0n) is 9.11. The van der Waals surface area contributed by atoms with Crippen LogP contribution < -0.4 is 0 Å². The minimum Gasteiger partial charge on any atom is -0.478 e. The molecule has 0 aliphatic rings. The Kier molecular flexibility index (Phi) is 3.07. The molecule has 0 bridgehead atoms. The topological polar surface area (TPSA) is 104 Å². The number of carboxylic acid groups (broad SMARTS) is 1. The highest BCUT2D eigenvalue weighted by atomic mass is 32.2. The van der Waals surface area contributed by atoms with Gasteiger partial charge in [-0.1, -0.05) is 0 Å². The Morgan fingerprint density at radius 3 is 2.17 bits per heavy atom. The van der Waals surface area contributed by atoms with E-state index in [1.54, 1.807) is 0 Å². The summed E-state index contributed by atoms with van der Waals surface area (Å²) in [6.07, 6.45) is 3.91. The lowest BCUT2D eigenvalue weighted by atomic mass is 10.2. The van der Waals surface area contributed by atoms with Crippen LogP contribution in [-0.2, 0) is 9.73 Å². The molecule has 0 saturated heterocycles. The fourth-order valence-electron chi connectivity index (χ4n) is 1.36. The zero-order valence-corrected chi connectivity index (χ0v) is 9.92. The van der Waals surface area contributed by atoms with Crippen LogP contribution in [0.5, 0.6) is 0 Å². The first-order valence-corrected chi connectivity index (χ1v) is 6.45. The van der Waals surface area contributed by atoms with Gasteiger partial charge in [-0.25, -0.2) is 23.8 Å². The Hall–Kier alpha value is -2.28. The molecule has 1 unspecified atom stereocenters.